The number of para-hydroxylation sites is 1. The van der Waals surface area contributed by atoms with Crippen molar-refractivity contribution in [3.8, 4) is 0 Å². The lowest BCUT2D eigenvalue weighted by atomic mass is 10.0. The standard InChI is InChI=1S/C19H18N2/c1-13-7-8-14-9-10-17(16(14)12-13)21-18-6-2-4-15-5-3-11-20-19(15)18/h2-8,11-12,17,21H,9-10H2,1H3. The Hall–Kier alpha value is -2.35. The molecule has 2 aromatic carbocycles. The zero-order valence-electron chi connectivity index (χ0n) is 12.1. The number of aryl methyl sites for hydroxylation is 2. The predicted octanol–water partition coefficient (Wildman–Crippen LogP) is 4.64. The molecule has 0 saturated carbocycles. The molecule has 4 rings (SSSR count). The van der Waals surface area contributed by atoms with Crippen LogP contribution in [0.25, 0.3) is 10.9 Å². The summed E-state index contributed by atoms with van der Waals surface area (Å²) < 4.78 is 0. The lowest BCUT2D eigenvalue weighted by Crippen LogP contribution is -2.08. The summed E-state index contributed by atoms with van der Waals surface area (Å²) in [5.41, 5.74) is 6.45. The minimum atomic E-state index is 0.396. The summed E-state index contributed by atoms with van der Waals surface area (Å²) in [6.07, 6.45) is 4.17. The normalized spacial score (nSPS) is 16.9. The summed E-state index contributed by atoms with van der Waals surface area (Å²) >= 11 is 0. The zero-order chi connectivity index (χ0) is 14.2. The van der Waals surface area contributed by atoms with E-state index >= 15 is 0 Å². The zero-order valence-corrected chi connectivity index (χ0v) is 12.1. The van der Waals surface area contributed by atoms with E-state index in [9.17, 15) is 0 Å². The van der Waals surface area contributed by atoms with Crippen molar-refractivity contribution in [1.29, 1.82) is 0 Å². The highest BCUT2D eigenvalue weighted by molar-refractivity contribution is 5.90. The molecule has 104 valence electrons. The number of aromatic nitrogens is 1. The van der Waals surface area contributed by atoms with Gasteiger partial charge in [-0.3, -0.25) is 4.98 Å². The highest BCUT2D eigenvalue weighted by atomic mass is 14.9. The van der Waals surface area contributed by atoms with E-state index in [-0.39, 0.29) is 0 Å². The number of benzene rings is 2. The molecule has 0 saturated heterocycles. The number of hydrogen-bond acceptors (Lipinski definition) is 2. The summed E-state index contributed by atoms with van der Waals surface area (Å²) in [4.78, 5) is 4.53. The molecule has 3 aromatic rings. The van der Waals surface area contributed by atoms with Crippen molar-refractivity contribution in [3.05, 3.63) is 71.4 Å². The Morgan fingerprint density at radius 2 is 2.00 bits per heavy atom. The lowest BCUT2D eigenvalue weighted by molar-refractivity contribution is 0.762. The first kappa shape index (κ1) is 12.4. The maximum Gasteiger partial charge on any atom is 0.0933 e. The second-order valence-electron chi connectivity index (χ2n) is 5.82. The van der Waals surface area contributed by atoms with Gasteiger partial charge in [0.2, 0.25) is 0 Å². The Labute approximate surface area is 124 Å². The Morgan fingerprint density at radius 3 is 2.95 bits per heavy atom. The first-order valence-electron chi connectivity index (χ1n) is 7.51. The van der Waals surface area contributed by atoms with Gasteiger partial charge in [-0.25, -0.2) is 0 Å². The van der Waals surface area contributed by atoms with Crippen molar-refractivity contribution in [1.82, 2.24) is 4.98 Å². The number of fused-ring (bicyclic) bond motifs is 2. The van der Waals surface area contributed by atoms with Gasteiger partial charge in [-0.2, -0.15) is 0 Å². The van der Waals surface area contributed by atoms with E-state index in [0.717, 1.165) is 24.0 Å². The lowest BCUT2D eigenvalue weighted by Gasteiger charge is -2.17. The Balaban J connectivity index is 1.73. The molecule has 0 radical (unpaired) electrons. The molecular formula is C19H18N2. The van der Waals surface area contributed by atoms with Crippen LogP contribution in [0.3, 0.4) is 0 Å². The second-order valence-corrected chi connectivity index (χ2v) is 5.82. The summed E-state index contributed by atoms with van der Waals surface area (Å²) in [6, 6.07) is 17.6. The van der Waals surface area contributed by atoms with Crippen LogP contribution in [0.2, 0.25) is 0 Å². The Morgan fingerprint density at radius 1 is 1.10 bits per heavy atom. The highest BCUT2D eigenvalue weighted by Crippen LogP contribution is 2.35. The summed E-state index contributed by atoms with van der Waals surface area (Å²) in [7, 11) is 0. The van der Waals surface area contributed by atoms with E-state index in [2.05, 4.69) is 59.7 Å². The molecule has 0 spiro atoms. The first-order chi connectivity index (χ1) is 10.3. The van der Waals surface area contributed by atoms with Crippen molar-refractivity contribution in [2.45, 2.75) is 25.8 Å². The van der Waals surface area contributed by atoms with Gasteiger partial charge in [0.1, 0.15) is 0 Å². The van der Waals surface area contributed by atoms with E-state index < -0.39 is 0 Å². The molecule has 0 aliphatic heterocycles. The average Bonchev–Trinajstić information content (AvgIpc) is 2.90. The van der Waals surface area contributed by atoms with Crippen molar-refractivity contribution >= 4 is 16.6 Å². The smallest absolute Gasteiger partial charge is 0.0933 e. The van der Waals surface area contributed by atoms with Gasteiger partial charge in [0.05, 0.1) is 17.2 Å². The Bertz CT molecular complexity index is 802. The molecule has 0 bridgehead atoms. The monoisotopic (exact) mass is 274 g/mol. The van der Waals surface area contributed by atoms with E-state index in [4.69, 9.17) is 0 Å². The van der Waals surface area contributed by atoms with Crippen molar-refractivity contribution in [3.63, 3.8) is 0 Å². The van der Waals surface area contributed by atoms with Gasteiger partial charge in [-0.15, -0.1) is 0 Å². The highest BCUT2D eigenvalue weighted by Gasteiger charge is 2.22. The van der Waals surface area contributed by atoms with E-state index in [1.54, 1.807) is 0 Å². The van der Waals surface area contributed by atoms with Crippen LogP contribution in [0.1, 0.15) is 29.2 Å². The van der Waals surface area contributed by atoms with Crippen LogP contribution in [0.15, 0.2) is 54.7 Å². The van der Waals surface area contributed by atoms with Crippen molar-refractivity contribution in [2.24, 2.45) is 0 Å². The van der Waals surface area contributed by atoms with Gasteiger partial charge in [-0.1, -0.05) is 42.0 Å². The van der Waals surface area contributed by atoms with Gasteiger partial charge in [0.25, 0.3) is 0 Å². The largest absolute Gasteiger partial charge is 0.376 e. The fourth-order valence-corrected chi connectivity index (χ4v) is 3.28. The number of pyridine rings is 1. The minimum Gasteiger partial charge on any atom is -0.376 e. The van der Waals surface area contributed by atoms with Crippen LogP contribution in [-0.2, 0) is 6.42 Å². The molecule has 1 aliphatic carbocycles. The minimum absolute atomic E-state index is 0.396. The third-order valence-corrected chi connectivity index (χ3v) is 4.34. The third kappa shape index (κ3) is 2.17. The van der Waals surface area contributed by atoms with E-state index in [1.165, 1.54) is 22.1 Å². The maximum atomic E-state index is 4.53. The number of rotatable bonds is 2. The van der Waals surface area contributed by atoms with Crippen LogP contribution in [0.5, 0.6) is 0 Å². The van der Waals surface area contributed by atoms with Gasteiger partial charge in [0.15, 0.2) is 0 Å². The molecule has 1 N–H and O–H groups in total. The average molecular weight is 274 g/mol. The first-order valence-corrected chi connectivity index (χ1v) is 7.51. The number of nitrogens with one attached hydrogen (secondary N) is 1. The maximum absolute atomic E-state index is 4.53. The van der Waals surface area contributed by atoms with E-state index in [1.807, 2.05) is 12.3 Å². The van der Waals surface area contributed by atoms with Crippen LogP contribution in [0, 0.1) is 6.92 Å². The fourth-order valence-electron chi connectivity index (χ4n) is 3.28. The molecule has 2 nitrogen and oxygen atoms in total. The quantitative estimate of drug-likeness (QED) is 0.736. The number of nitrogens with zero attached hydrogens (tertiary/aromatic N) is 1. The SMILES string of the molecule is Cc1ccc2c(c1)C(Nc1cccc3cccnc13)CC2. The van der Waals surface area contributed by atoms with Crippen molar-refractivity contribution in [2.75, 3.05) is 5.32 Å². The molecule has 1 atom stereocenters. The summed E-state index contributed by atoms with van der Waals surface area (Å²) in [5, 5.41) is 4.89. The van der Waals surface area contributed by atoms with Gasteiger partial charge in [-0.05, 0) is 43.0 Å². The summed E-state index contributed by atoms with van der Waals surface area (Å²) in [5.74, 6) is 0. The molecule has 0 fully saturated rings. The second kappa shape index (κ2) is 4.88. The molecule has 0 amide bonds. The predicted molar refractivity (Wildman–Crippen MR) is 87.6 cm³/mol. The van der Waals surface area contributed by atoms with Crippen LogP contribution in [0.4, 0.5) is 5.69 Å². The molecule has 21 heavy (non-hydrogen) atoms. The van der Waals surface area contributed by atoms with E-state index in [0.29, 0.717) is 6.04 Å². The third-order valence-electron chi connectivity index (χ3n) is 4.34. The number of anilines is 1. The topological polar surface area (TPSA) is 24.9 Å². The Kier molecular flexibility index (Phi) is 2.88. The number of hydrogen-bond donors (Lipinski definition) is 1. The molecular weight excluding hydrogens is 256 g/mol. The summed E-state index contributed by atoms with van der Waals surface area (Å²) in [6.45, 7) is 2.16. The van der Waals surface area contributed by atoms with Gasteiger partial charge in [0, 0.05) is 11.6 Å². The van der Waals surface area contributed by atoms with Crippen LogP contribution in [-0.4, -0.2) is 4.98 Å². The van der Waals surface area contributed by atoms with Crippen LogP contribution < -0.4 is 5.32 Å². The van der Waals surface area contributed by atoms with Crippen LogP contribution >= 0.6 is 0 Å². The fraction of sp³-hybridized carbons (Fsp3) is 0.211. The molecule has 1 aromatic heterocycles. The van der Waals surface area contributed by atoms with Gasteiger partial charge < -0.3 is 5.32 Å². The molecule has 1 aliphatic rings. The molecule has 2 heteroatoms. The van der Waals surface area contributed by atoms with Crippen molar-refractivity contribution < 1.29 is 0 Å². The molecule has 1 heterocycles. The van der Waals surface area contributed by atoms with Gasteiger partial charge >= 0.3 is 0 Å². The molecule has 1 unspecified atom stereocenters.